The fourth-order valence-corrected chi connectivity index (χ4v) is 2.75. The summed E-state index contributed by atoms with van der Waals surface area (Å²) in [4.78, 5) is 0. The van der Waals surface area contributed by atoms with E-state index in [2.05, 4.69) is 31.3 Å². The second-order valence-corrected chi connectivity index (χ2v) is 5.30. The summed E-state index contributed by atoms with van der Waals surface area (Å²) in [6.07, 6.45) is 2.16. The number of methoxy groups -OCH3 is 1. The SMILES string of the molecule is CCC(CC)Nc1cc2oc3ccccc3c2cc1OC. The molecule has 0 spiro atoms. The first-order chi connectivity index (χ1) is 10.3. The van der Waals surface area contributed by atoms with E-state index in [4.69, 9.17) is 9.15 Å². The second kappa shape index (κ2) is 5.68. The summed E-state index contributed by atoms with van der Waals surface area (Å²) < 4.78 is 11.5. The van der Waals surface area contributed by atoms with Gasteiger partial charge in [-0.3, -0.25) is 0 Å². The number of para-hydroxylation sites is 1. The van der Waals surface area contributed by atoms with Crippen molar-refractivity contribution in [2.45, 2.75) is 32.7 Å². The number of hydrogen-bond donors (Lipinski definition) is 1. The lowest BCUT2D eigenvalue weighted by Gasteiger charge is -2.18. The van der Waals surface area contributed by atoms with Crippen molar-refractivity contribution in [2.75, 3.05) is 12.4 Å². The molecule has 0 aliphatic rings. The van der Waals surface area contributed by atoms with Crippen LogP contribution in [0.5, 0.6) is 5.75 Å². The van der Waals surface area contributed by atoms with Crippen LogP contribution in [0.1, 0.15) is 26.7 Å². The summed E-state index contributed by atoms with van der Waals surface area (Å²) >= 11 is 0. The van der Waals surface area contributed by atoms with Crippen LogP contribution >= 0.6 is 0 Å². The molecule has 0 atom stereocenters. The maximum absolute atomic E-state index is 5.95. The van der Waals surface area contributed by atoms with Crippen molar-refractivity contribution in [3.8, 4) is 5.75 Å². The minimum absolute atomic E-state index is 0.445. The number of rotatable bonds is 5. The zero-order valence-electron chi connectivity index (χ0n) is 12.8. The summed E-state index contributed by atoms with van der Waals surface area (Å²) in [6, 6.07) is 12.6. The third-order valence-electron chi connectivity index (χ3n) is 4.04. The van der Waals surface area contributed by atoms with Gasteiger partial charge in [-0.25, -0.2) is 0 Å². The fourth-order valence-electron chi connectivity index (χ4n) is 2.75. The van der Waals surface area contributed by atoms with Crippen LogP contribution in [-0.4, -0.2) is 13.2 Å². The van der Waals surface area contributed by atoms with E-state index < -0.39 is 0 Å². The highest BCUT2D eigenvalue weighted by Gasteiger charge is 2.13. The van der Waals surface area contributed by atoms with Crippen LogP contribution in [0, 0.1) is 0 Å². The largest absolute Gasteiger partial charge is 0.495 e. The molecule has 0 aliphatic heterocycles. The van der Waals surface area contributed by atoms with E-state index in [1.54, 1.807) is 7.11 Å². The Morgan fingerprint density at radius 2 is 1.81 bits per heavy atom. The maximum Gasteiger partial charge on any atom is 0.142 e. The lowest BCUT2D eigenvalue weighted by atomic mass is 10.1. The number of nitrogens with one attached hydrogen (secondary N) is 1. The average molecular weight is 283 g/mol. The highest BCUT2D eigenvalue weighted by molar-refractivity contribution is 6.06. The second-order valence-electron chi connectivity index (χ2n) is 5.30. The summed E-state index contributed by atoms with van der Waals surface area (Å²) in [7, 11) is 1.71. The molecule has 3 aromatic rings. The molecule has 0 bridgehead atoms. The number of ether oxygens (including phenoxy) is 1. The Hall–Kier alpha value is -2.16. The van der Waals surface area contributed by atoms with Crippen LogP contribution in [0.25, 0.3) is 21.9 Å². The van der Waals surface area contributed by atoms with Crippen molar-refractivity contribution in [1.29, 1.82) is 0 Å². The molecule has 0 fully saturated rings. The summed E-state index contributed by atoms with van der Waals surface area (Å²) in [5.74, 6) is 0.862. The molecule has 3 nitrogen and oxygen atoms in total. The van der Waals surface area contributed by atoms with E-state index in [1.165, 1.54) is 0 Å². The molecule has 3 rings (SSSR count). The van der Waals surface area contributed by atoms with Crippen LogP contribution in [0.4, 0.5) is 5.69 Å². The van der Waals surface area contributed by atoms with Gasteiger partial charge < -0.3 is 14.5 Å². The van der Waals surface area contributed by atoms with Crippen molar-refractivity contribution in [3.63, 3.8) is 0 Å². The monoisotopic (exact) mass is 283 g/mol. The standard InChI is InChI=1S/C18H21NO2/c1-4-12(5-2)19-15-11-17-14(10-18(15)20-3)13-8-6-7-9-16(13)21-17/h6-12,19H,4-5H2,1-3H3. The van der Waals surface area contributed by atoms with Crippen LogP contribution in [-0.2, 0) is 0 Å². The molecule has 0 saturated carbocycles. The minimum Gasteiger partial charge on any atom is -0.495 e. The molecule has 0 radical (unpaired) electrons. The Bertz CT molecular complexity index is 756. The molecule has 21 heavy (non-hydrogen) atoms. The Balaban J connectivity index is 2.14. The van der Waals surface area contributed by atoms with Gasteiger partial charge in [-0.15, -0.1) is 0 Å². The molecule has 1 N–H and O–H groups in total. The van der Waals surface area contributed by atoms with E-state index >= 15 is 0 Å². The van der Waals surface area contributed by atoms with Gasteiger partial charge in [0, 0.05) is 22.9 Å². The first-order valence-corrected chi connectivity index (χ1v) is 7.52. The van der Waals surface area contributed by atoms with Crippen LogP contribution < -0.4 is 10.1 Å². The van der Waals surface area contributed by atoms with Gasteiger partial charge in [0.05, 0.1) is 12.8 Å². The predicted octanol–water partition coefficient (Wildman–Crippen LogP) is 5.20. The number of benzene rings is 2. The van der Waals surface area contributed by atoms with E-state index in [0.29, 0.717) is 6.04 Å². The Morgan fingerprint density at radius 1 is 1.05 bits per heavy atom. The molecule has 2 aromatic carbocycles. The van der Waals surface area contributed by atoms with E-state index in [0.717, 1.165) is 46.2 Å². The lowest BCUT2D eigenvalue weighted by Crippen LogP contribution is -2.17. The van der Waals surface area contributed by atoms with Crippen LogP contribution in [0.15, 0.2) is 40.8 Å². The Morgan fingerprint density at radius 3 is 2.52 bits per heavy atom. The number of anilines is 1. The topological polar surface area (TPSA) is 34.4 Å². The van der Waals surface area contributed by atoms with E-state index in [1.807, 2.05) is 24.3 Å². The van der Waals surface area contributed by atoms with Crippen LogP contribution in [0.2, 0.25) is 0 Å². The molecular formula is C18H21NO2. The van der Waals surface area contributed by atoms with Crippen molar-refractivity contribution in [2.24, 2.45) is 0 Å². The predicted molar refractivity (Wildman–Crippen MR) is 88.3 cm³/mol. The molecule has 0 amide bonds. The lowest BCUT2D eigenvalue weighted by molar-refractivity contribution is 0.416. The first-order valence-electron chi connectivity index (χ1n) is 7.52. The quantitative estimate of drug-likeness (QED) is 0.699. The molecule has 1 heterocycles. The first kappa shape index (κ1) is 13.8. The average Bonchev–Trinajstić information content (AvgIpc) is 2.89. The highest BCUT2D eigenvalue weighted by atomic mass is 16.5. The van der Waals surface area contributed by atoms with Crippen molar-refractivity contribution in [1.82, 2.24) is 0 Å². The third-order valence-corrected chi connectivity index (χ3v) is 4.04. The minimum atomic E-state index is 0.445. The smallest absolute Gasteiger partial charge is 0.142 e. The molecule has 1 aromatic heterocycles. The molecule has 3 heteroatoms. The fraction of sp³-hybridized carbons (Fsp3) is 0.333. The zero-order chi connectivity index (χ0) is 14.8. The van der Waals surface area contributed by atoms with Gasteiger partial charge in [-0.2, -0.15) is 0 Å². The van der Waals surface area contributed by atoms with Gasteiger partial charge in [0.25, 0.3) is 0 Å². The summed E-state index contributed by atoms with van der Waals surface area (Å²) in [6.45, 7) is 4.38. The third kappa shape index (κ3) is 2.44. The normalized spacial score (nSPS) is 11.4. The van der Waals surface area contributed by atoms with Gasteiger partial charge in [-0.1, -0.05) is 32.0 Å². The summed E-state index contributed by atoms with van der Waals surface area (Å²) in [5.41, 5.74) is 2.80. The van der Waals surface area contributed by atoms with Crippen molar-refractivity contribution >= 4 is 27.6 Å². The maximum atomic E-state index is 5.95. The van der Waals surface area contributed by atoms with Crippen LogP contribution in [0.3, 0.4) is 0 Å². The Kier molecular flexibility index (Phi) is 3.74. The molecule has 0 saturated heterocycles. The number of fused-ring (bicyclic) bond motifs is 3. The number of hydrogen-bond acceptors (Lipinski definition) is 3. The highest BCUT2D eigenvalue weighted by Crippen LogP contribution is 2.36. The van der Waals surface area contributed by atoms with Crippen molar-refractivity contribution < 1.29 is 9.15 Å². The van der Waals surface area contributed by atoms with Gasteiger partial charge in [0.15, 0.2) is 0 Å². The van der Waals surface area contributed by atoms with Gasteiger partial charge in [0.2, 0.25) is 0 Å². The van der Waals surface area contributed by atoms with Gasteiger partial charge in [0.1, 0.15) is 16.9 Å². The molecule has 0 unspecified atom stereocenters. The molecule has 110 valence electrons. The molecular weight excluding hydrogens is 262 g/mol. The van der Waals surface area contributed by atoms with Gasteiger partial charge in [-0.05, 0) is 25.0 Å². The van der Waals surface area contributed by atoms with E-state index in [9.17, 15) is 0 Å². The van der Waals surface area contributed by atoms with Gasteiger partial charge >= 0.3 is 0 Å². The van der Waals surface area contributed by atoms with Crippen molar-refractivity contribution in [3.05, 3.63) is 36.4 Å². The van der Waals surface area contributed by atoms with E-state index in [-0.39, 0.29) is 0 Å². The zero-order valence-corrected chi connectivity index (χ0v) is 12.8. The summed E-state index contributed by atoms with van der Waals surface area (Å²) in [5, 5.41) is 5.77. The number of furan rings is 1. The molecule has 0 aliphatic carbocycles. The Labute approximate surface area is 124 Å².